The maximum absolute atomic E-state index is 4.78. The van der Waals surface area contributed by atoms with E-state index >= 15 is 0 Å². The van der Waals surface area contributed by atoms with Gasteiger partial charge in [-0.1, -0.05) is 29.8 Å². The predicted molar refractivity (Wildman–Crippen MR) is 107 cm³/mol. The molecule has 5 rings (SSSR count). The number of hydrogen-bond donors (Lipinski definition) is 1. The van der Waals surface area contributed by atoms with Gasteiger partial charge >= 0.3 is 0 Å². The molecule has 1 atom stereocenters. The largest absolute Gasteiger partial charge is 0.359 e. The third kappa shape index (κ3) is 2.54. The van der Waals surface area contributed by atoms with Gasteiger partial charge in [-0.2, -0.15) is 10.2 Å². The topological polar surface area (TPSA) is 47.7 Å². The number of aromatic nitrogens is 4. The van der Waals surface area contributed by atoms with Crippen LogP contribution in [0, 0.1) is 20.8 Å². The molecule has 134 valence electrons. The first-order chi connectivity index (χ1) is 13.1. The monoisotopic (exact) mass is 355 g/mol. The summed E-state index contributed by atoms with van der Waals surface area (Å²) in [4.78, 5) is 0. The van der Waals surface area contributed by atoms with Gasteiger partial charge in [0.25, 0.3) is 0 Å². The fourth-order valence-corrected chi connectivity index (χ4v) is 3.78. The molecule has 0 spiro atoms. The summed E-state index contributed by atoms with van der Waals surface area (Å²) in [5.74, 6) is 0. The molecular weight excluding hydrogens is 334 g/mol. The molecule has 0 saturated carbocycles. The summed E-state index contributed by atoms with van der Waals surface area (Å²) >= 11 is 0. The number of fused-ring (bicyclic) bond motifs is 3. The Labute approximate surface area is 158 Å². The van der Waals surface area contributed by atoms with Gasteiger partial charge in [-0.3, -0.25) is 0 Å². The molecule has 2 aromatic carbocycles. The Morgan fingerprint density at radius 1 is 0.926 bits per heavy atom. The minimum Gasteiger partial charge on any atom is -0.359 e. The van der Waals surface area contributed by atoms with Crippen molar-refractivity contribution in [2.75, 3.05) is 5.32 Å². The number of para-hydroxylation sites is 1. The molecule has 5 heteroatoms. The van der Waals surface area contributed by atoms with Crippen molar-refractivity contribution < 1.29 is 0 Å². The van der Waals surface area contributed by atoms with Gasteiger partial charge in [-0.15, -0.1) is 0 Å². The standard InChI is InChI=1S/C22H21N5/c1-14-9-10-20-18(11-14)21-12-15(2)24-27(21)22(23-20)19-13-26(25-16(19)3)17-7-5-4-6-8-17/h4-13,22-23H,1-3H3. The van der Waals surface area contributed by atoms with Crippen molar-refractivity contribution in [1.29, 1.82) is 0 Å². The zero-order chi connectivity index (χ0) is 18.5. The van der Waals surface area contributed by atoms with E-state index in [4.69, 9.17) is 10.2 Å². The molecule has 0 saturated heterocycles. The number of aryl methyl sites for hydroxylation is 3. The molecule has 5 nitrogen and oxygen atoms in total. The molecule has 3 heterocycles. The highest BCUT2D eigenvalue weighted by molar-refractivity contribution is 5.79. The van der Waals surface area contributed by atoms with Crippen LogP contribution in [-0.4, -0.2) is 19.6 Å². The van der Waals surface area contributed by atoms with Gasteiger partial charge in [-0.05, 0) is 51.1 Å². The molecule has 0 bridgehead atoms. The molecule has 0 radical (unpaired) electrons. The molecule has 1 aliphatic heterocycles. The Kier molecular flexibility index (Phi) is 3.44. The molecule has 0 amide bonds. The summed E-state index contributed by atoms with van der Waals surface area (Å²) in [6, 6.07) is 18.9. The second kappa shape index (κ2) is 5.84. The van der Waals surface area contributed by atoms with Gasteiger partial charge in [-0.25, -0.2) is 9.36 Å². The van der Waals surface area contributed by atoms with Crippen LogP contribution in [0.25, 0.3) is 16.9 Å². The number of benzene rings is 2. The highest BCUT2D eigenvalue weighted by atomic mass is 15.4. The normalized spacial score (nSPS) is 15.1. The SMILES string of the molecule is Cc1ccc2c(c1)-c1cc(C)nn1C(c1cn(-c3ccccc3)nc1C)N2. The molecule has 4 aromatic rings. The predicted octanol–water partition coefficient (Wildman–Crippen LogP) is 4.63. The Balaban J connectivity index is 1.65. The minimum atomic E-state index is -0.0821. The number of nitrogens with one attached hydrogen (secondary N) is 1. The summed E-state index contributed by atoms with van der Waals surface area (Å²) in [5.41, 5.74) is 8.88. The summed E-state index contributed by atoms with van der Waals surface area (Å²) in [7, 11) is 0. The number of hydrogen-bond acceptors (Lipinski definition) is 3. The summed E-state index contributed by atoms with van der Waals surface area (Å²) in [6.07, 6.45) is 2.02. The van der Waals surface area contributed by atoms with Crippen molar-refractivity contribution >= 4 is 5.69 Å². The van der Waals surface area contributed by atoms with Crippen LogP contribution in [0.4, 0.5) is 5.69 Å². The third-order valence-electron chi connectivity index (χ3n) is 5.10. The lowest BCUT2D eigenvalue weighted by Crippen LogP contribution is -2.26. The molecule has 2 aromatic heterocycles. The lowest BCUT2D eigenvalue weighted by atomic mass is 10.0. The molecule has 0 fully saturated rings. The average Bonchev–Trinajstić information content (AvgIpc) is 3.25. The third-order valence-corrected chi connectivity index (χ3v) is 5.10. The van der Waals surface area contributed by atoms with Crippen molar-refractivity contribution in [3.63, 3.8) is 0 Å². The maximum atomic E-state index is 4.78. The van der Waals surface area contributed by atoms with E-state index in [1.807, 2.05) is 29.8 Å². The Bertz CT molecular complexity index is 1140. The van der Waals surface area contributed by atoms with Crippen LogP contribution < -0.4 is 5.32 Å². The van der Waals surface area contributed by atoms with Crippen LogP contribution in [0.15, 0.2) is 60.8 Å². The van der Waals surface area contributed by atoms with Gasteiger partial charge in [0, 0.05) is 23.0 Å². The summed E-state index contributed by atoms with van der Waals surface area (Å²) in [5, 5.41) is 13.2. The number of nitrogens with zero attached hydrogens (tertiary/aromatic N) is 4. The van der Waals surface area contributed by atoms with E-state index in [0.717, 1.165) is 34.0 Å². The Hall–Kier alpha value is -3.34. The van der Waals surface area contributed by atoms with Gasteiger partial charge in [0.15, 0.2) is 6.17 Å². The Morgan fingerprint density at radius 3 is 2.56 bits per heavy atom. The quantitative estimate of drug-likeness (QED) is 0.570. The van der Waals surface area contributed by atoms with Crippen LogP contribution in [0.5, 0.6) is 0 Å². The number of anilines is 1. The maximum Gasteiger partial charge on any atom is 0.150 e. The van der Waals surface area contributed by atoms with Crippen molar-refractivity contribution in [2.45, 2.75) is 26.9 Å². The second-order valence-corrected chi connectivity index (χ2v) is 7.16. The first-order valence-corrected chi connectivity index (χ1v) is 9.15. The molecular formula is C22H21N5. The first kappa shape index (κ1) is 15.9. The fraction of sp³-hybridized carbons (Fsp3) is 0.182. The zero-order valence-electron chi connectivity index (χ0n) is 15.6. The van der Waals surface area contributed by atoms with E-state index in [-0.39, 0.29) is 6.17 Å². The lowest BCUT2D eigenvalue weighted by Gasteiger charge is -2.29. The van der Waals surface area contributed by atoms with Crippen LogP contribution in [0.3, 0.4) is 0 Å². The van der Waals surface area contributed by atoms with Crippen molar-refractivity contribution in [2.24, 2.45) is 0 Å². The van der Waals surface area contributed by atoms with Gasteiger partial charge in [0.2, 0.25) is 0 Å². The van der Waals surface area contributed by atoms with Crippen LogP contribution in [0.2, 0.25) is 0 Å². The second-order valence-electron chi connectivity index (χ2n) is 7.16. The van der Waals surface area contributed by atoms with Crippen molar-refractivity contribution in [1.82, 2.24) is 19.6 Å². The molecule has 27 heavy (non-hydrogen) atoms. The van der Waals surface area contributed by atoms with E-state index in [0.29, 0.717) is 0 Å². The van der Waals surface area contributed by atoms with Gasteiger partial charge < -0.3 is 5.32 Å². The summed E-state index contributed by atoms with van der Waals surface area (Å²) in [6.45, 7) is 6.21. The van der Waals surface area contributed by atoms with Crippen LogP contribution in [-0.2, 0) is 0 Å². The van der Waals surface area contributed by atoms with E-state index < -0.39 is 0 Å². The van der Waals surface area contributed by atoms with E-state index in [1.54, 1.807) is 0 Å². The van der Waals surface area contributed by atoms with Gasteiger partial charge in [0.05, 0.1) is 22.8 Å². The lowest BCUT2D eigenvalue weighted by molar-refractivity contribution is 0.568. The van der Waals surface area contributed by atoms with Gasteiger partial charge in [0.1, 0.15) is 0 Å². The van der Waals surface area contributed by atoms with E-state index in [1.165, 1.54) is 11.1 Å². The minimum absolute atomic E-state index is 0.0821. The zero-order valence-corrected chi connectivity index (χ0v) is 15.6. The number of rotatable bonds is 2. The molecule has 1 N–H and O–H groups in total. The first-order valence-electron chi connectivity index (χ1n) is 9.15. The highest BCUT2D eigenvalue weighted by Gasteiger charge is 2.28. The molecule has 1 aliphatic rings. The molecule has 0 aliphatic carbocycles. The smallest absolute Gasteiger partial charge is 0.150 e. The fourth-order valence-electron chi connectivity index (χ4n) is 3.78. The highest BCUT2D eigenvalue weighted by Crippen LogP contribution is 2.39. The van der Waals surface area contributed by atoms with Crippen LogP contribution >= 0.6 is 0 Å². The van der Waals surface area contributed by atoms with Crippen molar-refractivity contribution in [3.8, 4) is 16.9 Å². The Morgan fingerprint density at radius 2 is 1.74 bits per heavy atom. The summed E-state index contributed by atoms with van der Waals surface area (Å²) < 4.78 is 4.02. The van der Waals surface area contributed by atoms with E-state index in [2.05, 4.69) is 66.4 Å². The van der Waals surface area contributed by atoms with Crippen molar-refractivity contribution in [3.05, 3.63) is 83.3 Å². The molecule has 1 unspecified atom stereocenters. The average molecular weight is 355 g/mol. The van der Waals surface area contributed by atoms with Crippen LogP contribution in [0.1, 0.15) is 28.7 Å². The van der Waals surface area contributed by atoms with E-state index in [9.17, 15) is 0 Å².